The summed E-state index contributed by atoms with van der Waals surface area (Å²) >= 11 is 2.30. The second kappa shape index (κ2) is 7.65. The minimum absolute atomic E-state index is 0.250. The molecule has 0 saturated carbocycles. The maximum absolute atomic E-state index is 12.4. The molecule has 1 N–H and O–H groups in total. The summed E-state index contributed by atoms with van der Waals surface area (Å²) < 4.78 is 44.1. The Hall–Kier alpha value is -2.23. The van der Waals surface area contributed by atoms with Crippen LogP contribution in [0.25, 0.3) is 16.9 Å². The quantitative estimate of drug-likeness (QED) is 0.464. The molecular formula is C20H17F3IN3O. The van der Waals surface area contributed by atoms with Gasteiger partial charge in [0, 0.05) is 21.2 Å². The van der Waals surface area contributed by atoms with Crippen molar-refractivity contribution in [2.24, 2.45) is 0 Å². The third-order valence-corrected chi connectivity index (χ3v) is 5.51. The molecule has 3 aromatic rings. The highest BCUT2D eigenvalue weighted by molar-refractivity contribution is 14.1. The van der Waals surface area contributed by atoms with Crippen molar-refractivity contribution in [3.8, 4) is 22.7 Å². The third-order valence-electron chi connectivity index (χ3n) is 4.57. The fourth-order valence-electron chi connectivity index (χ4n) is 3.35. The van der Waals surface area contributed by atoms with E-state index in [1.165, 1.54) is 12.1 Å². The monoisotopic (exact) mass is 499 g/mol. The third kappa shape index (κ3) is 3.96. The Balaban J connectivity index is 1.78. The van der Waals surface area contributed by atoms with E-state index in [2.05, 4.69) is 32.6 Å². The Kier molecular flexibility index (Phi) is 5.22. The van der Waals surface area contributed by atoms with Crippen LogP contribution in [0.4, 0.5) is 19.0 Å². The Morgan fingerprint density at radius 2 is 1.79 bits per heavy atom. The lowest BCUT2D eigenvalue weighted by Gasteiger charge is -2.11. The van der Waals surface area contributed by atoms with Gasteiger partial charge in [0.15, 0.2) is 0 Å². The standard InChI is InChI=1S/C20H17F3IN3O/c21-20(22,23)28-14-10-8-13(9-11-14)27-19-16(6-3-4-12-25-19)18(26-27)15-5-1-2-7-17(15)24/h1-2,5,7-11,25H,3-4,6,12H2. The molecule has 4 rings (SSSR count). The van der Waals surface area contributed by atoms with Gasteiger partial charge >= 0.3 is 6.36 Å². The topological polar surface area (TPSA) is 39.1 Å². The van der Waals surface area contributed by atoms with Crippen molar-refractivity contribution in [1.82, 2.24) is 9.78 Å². The van der Waals surface area contributed by atoms with Gasteiger partial charge in [-0.05, 0) is 72.2 Å². The van der Waals surface area contributed by atoms with Crippen LogP contribution in [0, 0.1) is 3.57 Å². The first-order valence-corrected chi connectivity index (χ1v) is 9.97. The second-order valence-electron chi connectivity index (χ2n) is 6.49. The molecule has 4 nitrogen and oxygen atoms in total. The first-order valence-electron chi connectivity index (χ1n) is 8.89. The van der Waals surface area contributed by atoms with Crippen molar-refractivity contribution in [1.29, 1.82) is 0 Å². The predicted octanol–water partition coefficient (Wildman–Crippen LogP) is 5.79. The summed E-state index contributed by atoms with van der Waals surface area (Å²) in [6.07, 6.45) is -1.69. The molecule has 0 aliphatic carbocycles. The van der Waals surface area contributed by atoms with Crippen LogP contribution in [0.15, 0.2) is 48.5 Å². The zero-order valence-electron chi connectivity index (χ0n) is 14.8. The van der Waals surface area contributed by atoms with Gasteiger partial charge in [0.25, 0.3) is 0 Å². The van der Waals surface area contributed by atoms with Crippen LogP contribution >= 0.6 is 22.6 Å². The molecule has 0 unspecified atom stereocenters. The lowest BCUT2D eigenvalue weighted by molar-refractivity contribution is -0.274. The molecule has 0 spiro atoms. The fraction of sp³-hybridized carbons (Fsp3) is 0.250. The number of halogens is 4. The lowest BCUT2D eigenvalue weighted by atomic mass is 10.0. The molecule has 2 heterocycles. The molecule has 1 aliphatic heterocycles. The number of aromatic nitrogens is 2. The first-order chi connectivity index (χ1) is 13.4. The zero-order valence-corrected chi connectivity index (χ0v) is 16.9. The van der Waals surface area contributed by atoms with Crippen molar-refractivity contribution >= 4 is 28.4 Å². The Morgan fingerprint density at radius 3 is 2.50 bits per heavy atom. The number of nitrogens with zero attached hydrogens (tertiary/aromatic N) is 2. The summed E-state index contributed by atoms with van der Waals surface area (Å²) in [6, 6.07) is 13.8. The second-order valence-corrected chi connectivity index (χ2v) is 7.66. The van der Waals surface area contributed by atoms with Crippen LogP contribution in [0.2, 0.25) is 0 Å². The average Bonchev–Trinajstić information content (AvgIpc) is 2.83. The van der Waals surface area contributed by atoms with E-state index >= 15 is 0 Å². The Bertz CT molecular complexity index is 983. The minimum Gasteiger partial charge on any atom is -0.406 e. The van der Waals surface area contributed by atoms with E-state index in [-0.39, 0.29) is 5.75 Å². The normalized spacial score (nSPS) is 14.1. The highest BCUT2D eigenvalue weighted by Crippen LogP contribution is 2.36. The van der Waals surface area contributed by atoms with Crippen LogP contribution < -0.4 is 10.1 Å². The Morgan fingerprint density at radius 1 is 1.04 bits per heavy atom. The molecule has 0 atom stereocenters. The molecule has 2 aromatic carbocycles. The molecule has 1 aromatic heterocycles. The number of rotatable bonds is 3. The summed E-state index contributed by atoms with van der Waals surface area (Å²) in [6.45, 7) is 0.833. The first kappa shape index (κ1) is 19.1. The number of anilines is 1. The summed E-state index contributed by atoms with van der Waals surface area (Å²) in [5.74, 6) is 0.650. The van der Waals surface area contributed by atoms with Crippen molar-refractivity contribution in [2.45, 2.75) is 25.6 Å². The number of alkyl halides is 3. The highest BCUT2D eigenvalue weighted by atomic mass is 127. The zero-order chi connectivity index (χ0) is 19.7. The van der Waals surface area contributed by atoms with Crippen LogP contribution in [0.1, 0.15) is 18.4 Å². The molecule has 0 saturated heterocycles. The van der Waals surface area contributed by atoms with Gasteiger partial charge in [-0.3, -0.25) is 0 Å². The van der Waals surface area contributed by atoms with E-state index < -0.39 is 6.36 Å². The van der Waals surface area contributed by atoms with Crippen LogP contribution in [-0.4, -0.2) is 22.7 Å². The van der Waals surface area contributed by atoms with Gasteiger partial charge in [-0.2, -0.15) is 5.10 Å². The van der Waals surface area contributed by atoms with Crippen LogP contribution in [-0.2, 0) is 6.42 Å². The highest BCUT2D eigenvalue weighted by Gasteiger charge is 2.31. The van der Waals surface area contributed by atoms with E-state index in [4.69, 9.17) is 5.10 Å². The maximum Gasteiger partial charge on any atom is 0.573 e. The molecule has 28 heavy (non-hydrogen) atoms. The van der Waals surface area contributed by atoms with Crippen molar-refractivity contribution in [3.63, 3.8) is 0 Å². The molecule has 0 radical (unpaired) electrons. The van der Waals surface area contributed by atoms with E-state index in [9.17, 15) is 13.2 Å². The molecule has 146 valence electrons. The number of ether oxygens (including phenoxy) is 1. The minimum atomic E-state index is -4.71. The van der Waals surface area contributed by atoms with Gasteiger partial charge in [-0.15, -0.1) is 13.2 Å². The summed E-state index contributed by atoms with van der Waals surface area (Å²) in [5.41, 5.74) is 3.78. The number of hydrogen-bond donors (Lipinski definition) is 1. The predicted molar refractivity (Wildman–Crippen MR) is 110 cm³/mol. The molecule has 0 fully saturated rings. The Labute approximate surface area is 173 Å². The van der Waals surface area contributed by atoms with Gasteiger partial charge in [0.05, 0.1) is 11.4 Å². The number of hydrogen-bond acceptors (Lipinski definition) is 3. The van der Waals surface area contributed by atoms with Crippen molar-refractivity contribution in [2.75, 3.05) is 11.9 Å². The maximum atomic E-state index is 12.4. The lowest BCUT2D eigenvalue weighted by Crippen LogP contribution is -2.17. The number of fused-ring (bicyclic) bond motifs is 1. The number of nitrogens with one attached hydrogen (secondary N) is 1. The molecule has 8 heteroatoms. The molecule has 0 amide bonds. The van der Waals surface area contributed by atoms with Crippen molar-refractivity contribution in [3.05, 3.63) is 57.7 Å². The van der Waals surface area contributed by atoms with E-state index in [1.807, 2.05) is 24.3 Å². The van der Waals surface area contributed by atoms with Gasteiger partial charge in [0.1, 0.15) is 11.6 Å². The van der Waals surface area contributed by atoms with Gasteiger partial charge in [-0.1, -0.05) is 18.2 Å². The van der Waals surface area contributed by atoms with Crippen LogP contribution in [0.5, 0.6) is 5.75 Å². The average molecular weight is 499 g/mol. The van der Waals surface area contributed by atoms with E-state index in [1.54, 1.807) is 16.8 Å². The SMILES string of the molecule is FC(F)(F)Oc1ccc(-n2nc(-c3ccccc3I)c3c2NCCCC3)cc1. The van der Waals surface area contributed by atoms with Gasteiger partial charge in [0.2, 0.25) is 0 Å². The summed E-state index contributed by atoms with van der Waals surface area (Å²) in [5, 5.41) is 8.27. The fourth-order valence-corrected chi connectivity index (χ4v) is 3.99. The van der Waals surface area contributed by atoms with Crippen molar-refractivity contribution < 1.29 is 17.9 Å². The van der Waals surface area contributed by atoms with Gasteiger partial charge in [-0.25, -0.2) is 4.68 Å². The van der Waals surface area contributed by atoms with Crippen LogP contribution in [0.3, 0.4) is 0 Å². The molecule has 1 aliphatic rings. The van der Waals surface area contributed by atoms with E-state index in [0.717, 1.165) is 52.0 Å². The largest absolute Gasteiger partial charge is 0.573 e. The number of benzene rings is 2. The molecular weight excluding hydrogens is 482 g/mol. The van der Waals surface area contributed by atoms with Gasteiger partial charge < -0.3 is 10.1 Å². The molecule has 0 bridgehead atoms. The smallest absolute Gasteiger partial charge is 0.406 e. The summed E-state index contributed by atoms with van der Waals surface area (Å²) in [4.78, 5) is 0. The summed E-state index contributed by atoms with van der Waals surface area (Å²) in [7, 11) is 0. The van der Waals surface area contributed by atoms with E-state index in [0.29, 0.717) is 5.69 Å².